The Morgan fingerprint density at radius 1 is 1.18 bits per heavy atom. The minimum atomic E-state index is -3.50. The molecule has 1 saturated carbocycles. The highest BCUT2D eigenvalue weighted by molar-refractivity contribution is 7.89. The van der Waals surface area contributed by atoms with Crippen molar-refractivity contribution in [3.63, 3.8) is 0 Å². The van der Waals surface area contributed by atoms with Crippen LogP contribution in [0.15, 0.2) is 53.7 Å². The predicted molar refractivity (Wildman–Crippen MR) is 106 cm³/mol. The van der Waals surface area contributed by atoms with Gasteiger partial charge in [-0.05, 0) is 60.1 Å². The SMILES string of the molecule is CCc1ccc(S(=O)(=O)N2CC[C@@]3(C[C@@H]3C(=O)NCc3ccncc3)C2)cc1. The van der Waals surface area contributed by atoms with Crippen LogP contribution in [0.2, 0.25) is 0 Å². The van der Waals surface area contributed by atoms with Crippen LogP contribution >= 0.6 is 0 Å². The summed E-state index contributed by atoms with van der Waals surface area (Å²) in [4.78, 5) is 16.8. The molecule has 28 heavy (non-hydrogen) atoms. The molecular formula is C21H25N3O3S. The van der Waals surface area contributed by atoms with E-state index in [9.17, 15) is 13.2 Å². The van der Waals surface area contributed by atoms with E-state index in [-0.39, 0.29) is 17.2 Å². The molecule has 1 saturated heterocycles. The Kier molecular flexibility index (Phi) is 4.97. The van der Waals surface area contributed by atoms with E-state index in [1.54, 1.807) is 28.8 Å². The summed E-state index contributed by atoms with van der Waals surface area (Å²) in [6, 6.07) is 10.8. The zero-order valence-corrected chi connectivity index (χ0v) is 16.8. The Balaban J connectivity index is 1.38. The molecule has 1 N–H and O–H groups in total. The van der Waals surface area contributed by atoms with E-state index in [1.165, 1.54) is 0 Å². The van der Waals surface area contributed by atoms with Gasteiger partial charge in [-0.1, -0.05) is 19.1 Å². The standard InChI is InChI=1S/C21H25N3O3S/c1-2-16-3-5-18(6-4-16)28(26,27)24-12-9-21(15-24)13-19(21)20(25)23-14-17-7-10-22-11-8-17/h3-8,10-11,19H,2,9,12-15H2,1H3,(H,23,25)/t19-,21-/m1/s1. The second-order valence-corrected chi connectivity index (χ2v) is 9.72. The average molecular weight is 400 g/mol. The summed E-state index contributed by atoms with van der Waals surface area (Å²) in [7, 11) is -3.50. The van der Waals surface area contributed by atoms with Gasteiger partial charge in [0.1, 0.15) is 0 Å². The Bertz CT molecular complexity index is 960. The molecule has 1 aromatic heterocycles. The van der Waals surface area contributed by atoms with E-state index in [2.05, 4.69) is 10.3 Å². The second kappa shape index (κ2) is 7.29. The predicted octanol–water partition coefficient (Wildman–Crippen LogP) is 2.36. The van der Waals surface area contributed by atoms with Crippen LogP contribution in [-0.2, 0) is 27.8 Å². The zero-order valence-electron chi connectivity index (χ0n) is 16.0. The number of hydrogen-bond donors (Lipinski definition) is 1. The van der Waals surface area contributed by atoms with Gasteiger partial charge < -0.3 is 5.32 Å². The molecule has 1 aliphatic carbocycles. The maximum absolute atomic E-state index is 13.0. The third kappa shape index (κ3) is 3.56. The highest BCUT2D eigenvalue weighted by atomic mass is 32.2. The topological polar surface area (TPSA) is 79.4 Å². The molecule has 7 heteroatoms. The number of carbonyl (C=O) groups is 1. The molecule has 4 rings (SSSR count). The molecule has 1 amide bonds. The molecule has 6 nitrogen and oxygen atoms in total. The number of nitrogens with one attached hydrogen (secondary N) is 1. The van der Waals surface area contributed by atoms with Crippen molar-refractivity contribution in [1.29, 1.82) is 0 Å². The third-order valence-corrected chi connectivity index (χ3v) is 7.90. The van der Waals surface area contributed by atoms with Gasteiger partial charge in [0.05, 0.1) is 4.90 Å². The lowest BCUT2D eigenvalue weighted by Crippen LogP contribution is -2.31. The first-order chi connectivity index (χ1) is 13.4. The van der Waals surface area contributed by atoms with E-state index in [4.69, 9.17) is 0 Å². The number of carbonyl (C=O) groups excluding carboxylic acids is 1. The Labute approximate surface area is 166 Å². The largest absolute Gasteiger partial charge is 0.352 e. The molecule has 1 aliphatic heterocycles. The summed E-state index contributed by atoms with van der Waals surface area (Å²) < 4.78 is 27.5. The number of aryl methyl sites for hydroxylation is 1. The summed E-state index contributed by atoms with van der Waals surface area (Å²) >= 11 is 0. The van der Waals surface area contributed by atoms with Gasteiger partial charge in [-0.3, -0.25) is 9.78 Å². The third-order valence-electron chi connectivity index (χ3n) is 6.04. The lowest BCUT2D eigenvalue weighted by atomic mass is 10.0. The van der Waals surface area contributed by atoms with Crippen LogP contribution in [0.5, 0.6) is 0 Å². The smallest absolute Gasteiger partial charge is 0.243 e. The monoisotopic (exact) mass is 399 g/mol. The van der Waals surface area contributed by atoms with Gasteiger partial charge in [-0.2, -0.15) is 4.31 Å². The van der Waals surface area contributed by atoms with Crippen molar-refractivity contribution in [2.75, 3.05) is 13.1 Å². The van der Waals surface area contributed by atoms with Crippen molar-refractivity contribution in [2.24, 2.45) is 11.3 Å². The number of amides is 1. The van der Waals surface area contributed by atoms with Gasteiger partial charge in [0, 0.05) is 37.9 Å². The van der Waals surface area contributed by atoms with E-state index >= 15 is 0 Å². The van der Waals surface area contributed by atoms with Gasteiger partial charge in [0.2, 0.25) is 15.9 Å². The van der Waals surface area contributed by atoms with Crippen LogP contribution in [0.1, 0.15) is 30.9 Å². The van der Waals surface area contributed by atoms with Crippen LogP contribution in [0.3, 0.4) is 0 Å². The van der Waals surface area contributed by atoms with Gasteiger partial charge in [0.25, 0.3) is 0 Å². The Hall–Kier alpha value is -2.25. The van der Waals surface area contributed by atoms with E-state index in [1.807, 2.05) is 31.2 Å². The molecule has 2 aliphatic rings. The summed E-state index contributed by atoms with van der Waals surface area (Å²) in [5, 5.41) is 2.98. The van der Waals surface area contributed by atoms with Crippen molar-refractivity contribution in [1.82, 2.24) is 14.6 Å². The number of aromatic nitrogens is 1. The molecule has 0 bridgehead atoms. The van der Waals surface area contributed by atoms with Gasteiger partial charge in [-0.15, -0.1) is 0 Å². The van der Waals surface area contributed by atoms with Gasteiger partial charge >= 0.3 is 0 Å². The van der Waals surface area contributed by atoms with Crippen LogP contribution in [0.25, 0.3) is 0 Å². The normalized spacial score (nSPS) is 24.4. The number of rotatable bonds is 6. The molecule has 0 radical (unpaired) electrons. The fourth-order valence-electron chi connectivity index (χ4n) is 4.09. The molecular weight excluding hydrogens is 374 g/mol. The van der Waals surface area contributed by atoms with Gasteiger partial charge in [0.15, 0.2) is 0 Å². The maximum atomic E-state index is 13.0. The molecule has 148 valence electrons. The quantitative estimate of drug-likeness (QED) is 0.809. The fourth-order valence-corrected chi connectivity index (χ4v) is 5.63. The van der Waals surface area contributed by atoms with Crippen molar-refractivity contribution in [2.45, 2.75) is 37.6 Å². The number of pyridine rings is 1. The number of benzene rings is 1. The first-order valence-electron chi connectivity index (χ1n) is 9.70. The second-order valence-electron chi connectivity index (χ2n) is 7.78. The van der Waals surface area contributed by atoms with E-state index < -0.39 is 10.0 Å². The van der Waals surface area contributed by atoms with Crippen LogP contribution in [-0.4, -0.2) is 36.7 Å². The molecule has 2 atom stereocenters. The van der Waals surface area contributed by atoms with E-state index in [0.717, 1.165) is 30.4 Å². The van der Waals surface area contributed by atoms with Gasteiger partial charge in [-0.25, -0.2) is 8.42 Å². The first kappa shape index (κ1) is 19.1. The highest BCUT2D eigenvalue weighted by Crippen LogP contribution is 2.59. The molecule has 2 heterocycles. The zero-order chi connectivity index (χ0) is 19.8. The lowest BCUT2D eigenvalue weighted by Gasteiger charge is -2.17. The summed E-state index contributed by atoms with van der Waals surface area (Å²) in [5.41, 5.74) is 1.92. The number of sulfonamides is 1. The van der Waals surface area contributed by atoms with Crippen molar-refractivity contribution < 1.29 is 13.2 Å². The van der Waals surface area contributed by atoms with Crippen LogP contribution in [0.4, 0.5) is 0 Å². The molecule has 0 unspecified atom stereocenters. The Morgan fingerprint density at radius 2 is 1.89 bits per heavy atom. The fraction of sp³-hybridized carbons (Fsp3) is 0.429. The van der Waals surface area contributed by atoms with Crippen molar-refractivity contribution in [3.05, 3.63) is 59.9 Å². The summed E-state index contributed by atoms with van der Waals surface area (Å²) in [6.45, 7) is 3.42. The molecule has 2 fully saturated rings. The van der Waals surface area contributed by atoms with Crippen molar-refractivity contribution >= 4 is 15.9 Å². The first-order valence-corrected chi connectivity index (χ1v) is 11.1. The van der Waals surface area contributed by atoms with Crippen LogP contribution < -0.4 is 5.32 Å². The lowest BCUT2D eigenvalue weighted by molar-refractivity contribution is -0.123. The average Bonchev–Trinajstić information content (AvgIpc) is 3.25. The minimum Gasteiger partial charge on any atom is -0.352 e. The van der Waals surface area contributed by atoms with Crippen molar-refractivity contribution in [3.8, 4) is 0 Å². The summed E-state index contributed by atoms with van der Waals surface area (Å²) in [5.74, 6) is -0.0830. The summed E-state index contributed by atoms with van der Waals surface area (Å²) in [6.07, 6.45) is 5.78. The minimum absolute atomic E-state index is 0.0170. The Morgan fingerprint density at radius 3 is 2.57 bits per heavy atom. The van der Waals surface area contributed by atoms with E-state index in [0.29, 0.717) is 24.5 Å². The van der Waals surface area contributed by atoms with Crippen LogP contribution in [0, 0.1) is 11.3 Å². The number of nitrogens with zero attached hydrogens (tertiary/aromatic N) is 2. The molecule has 2 aromatic rings. The highest BCUT2D eigenvalue weighted by Gasteiger charge is 2.62. The molecule has 1 aromatic carbocycles. The maximum Gasteiger partial charge on any atom is 0.243 e. The molecule has 1 spiro atoms. The number of hydrogen-bond acceptors (Lipinski definition) is 4.